The average molecular weight is 405 g/mol. The van der Waals surface area contributed by atoms with Gasteiger partial charge in [0, 0.05) is 24.7 Å². The molecule has 0 N–H and O–H groups in total. The maximum atomic E-state index is 13.0. The summed E-state index contributed by atoms with van der Waals surface area (Å²) in [4.78, 5) is 14.3. The molecule has 1 saturated heterocycles. The average Bonchev–Trinajstić information content (AvgIpc) is 3.01. The molecule has 4 rings (SSSR count). The lowest BCUT2D eigenvalue weighted by atomic mass is 10.0. The van der Waals surface area contributed by atoms with Crippen LogP contribution in [0.1, 0.15) is 35.4 Å². The Hall–Kier alpha value is -2.39. The molecule has 0 spiro atoms. The molecule has 2 aliphatic heterocycles. The van der Waals surface area contributed by atoms with Crippen molar-refractivity contribution in [3.05, 3.63) is 40.8 Å². The molecular weight excluding hydrogens is 382 g/mol. The fraction of sp³-hybridized carbons (Fsp3) is 0.474. The second kappa shape index (κ2) is 6.89. The lowest BCUT2D eigenvalue weighted by molar-refractivity contribution is 0.135. The van der Waals surface area contributed by atoms with E-state index in [1.807, 2.05) is 25.1 Å². The molecule has 0 radical (unpaired) electrons. The minimum absolute atomic E-state index is 0.106. The molecule has 0 aliphatic carbocycles. The SMILES string of the molecule is Cc1ccc2c(c1)COC(=O)N2C1CCN(S(=O)(=O)c2c(C)noc2C)CC1. The highest BCUT2D eigenvalue weighted by Gasteiger charge is 2.38. The monoisotopic (exact) mass is 405 g/mol. The highest BCUT2D eigenvalue weighted by molar-refractivity contribution is 7.89. The minimum atomic E-state index is -3.67. The standard InChI is InChI=1S/C19H23N3O5S/c1-12-4-5-17-15(10-12)11-26-19(23)22(17)16-6-8-21(9-7-16)28(24,25)18-13(2)20-27-14(18)3/h4-5,10,16H,6-9,11H2,1-3H3. The van der Waals surface area contributed by atoms with E-state index in [2.05, 4.69) is 5.16 Å². The molecule has 2 aliphatic rings. The zero-order valence-electron chi connectivity index (χ0n) is 16.1. The number of benzene rings is 1. The summed E-state index contributed by atoms with van der Waals surface area (Å²) in [5.74, 6) is 0.295. The normalized spacial score (nSPS) is 18.8. The second-order valence-electron chi connectivity index (χ2n) is 7.35. The van der Waals surface area contributed by atoms with Crippen molar-refractivity contribution in [2.75, 3.05) is 18.0 Å². The summed E-state index contributed by atoms with van der Waals surface area (Å²) in [5, 5.41) is 3.76. The van der Waals surface area contributed by atoms with Gasteiger partial charge in [-0.25, -0.2) is 13.2 Å². The highest BCUT2D eigenvalue weighted by Crippen LogP contribution is 2.34. The number of fused-ring (bicyclic) bond motifs is 1. The van der Waals surface area contributed by atoms with Gasteiger partial charge < -0.3 is 9.26 Å². The van der Waals surface area contributed by atoms with Crippen molar-refractivity contribution >= 4 is 21.8 Å². The first kappa shape index (κ1) is 18.9. The van der Waals surface area contributed by atoms with Gasteiger partial charge in [0.05, 0.1) is 5.69 Å². The van der Waals surface area contributed by atoms with Crippen molar-refractivity contribution in [1.82, 2.24) is 9.46 Å². The summed E-state index contributed by atoms with van der Waals surface area (Å²) in [6, 6.07) is 5.83. The predicted octanol–water partition coefficient (Wildman–Crippen LogP) is 2.91. The van der Waals surface area contributed by atoms with Crippen molar-refractivity contribution in [3.63, 3.8) is 0 Å². The summed E-state index contributed by atoms with van der Waals surface area (Å²) in [7, 11) is -3.67. The molecule has 0 saturated carbocycles. The van der Waals surface area contributed by atoms with Crippen LogP contribution in [0, 0.1) is 20.8 Å². The van der Waals surface area contributed by atoms with Gasteiger partial charge in [-0.3, -0.25) is 4.90 Å². The van der Waals surface area contributed by atoms with E-state index in [-0.39, 0.29) is 23.6 Å². The van der Waals surface area contributed by atoms with Gasteiger partial charge in [-0.2, -0.15) is 4.31 Å². The highest BCUT2D eigenvalue weighted by atomic mass is 32.2. The van der Waals surface area contributed by atoms with Crippen LogP contribution in [0.5, 0.6) is 0 Å². The summed E-state index contributed by atoms with van der Waals surface area (Å²) in [5.41, 5.74) is 3.31. The van der Waals surface area contributed by atoms with Crippen molar-refractivity contribution < 1.29 is 22.5 Å². The molecular formula is C19H23N3O5S. The topological polar surface area (TPSA) is 93.0 Å². The third kappa shape index (κ3) is 3.08. The van der Waals surface area contributed by atoms with Crippen LogP contribution in [0.15, 0.2) is 27.6 Å². The summed E-state index contributed by atoms with van der Waals surface area (Å²) < 4.78 is 37.8. The molecule has 0 unspecified atom stereocenters. The van der Waals surface area contributed by atoms with Crippen LogP contribution in [-0.2, 0) is 21.4 Å². The molecule has 28 heavy (non-hydrogen) atoms. The Bertz CT molecular complexity index is 1000. The molecule has 1 amide bonds. The van der Waals surface area contributed by atoms with Crippen LogP contribution in [-0.4, -0.2) is 43.1 Å². The Kier molecular flexibility index (Phi) is 4.67. The number of piperidine rings is 1. The van der Waals surface area contributed by atoms with Crippen LogP contribution >= 0.6 is 0 Å². The van der Waals surface area contributed by atoms with Gasteiger partial charge in [0.25, 0.3) is 0 Å². The van der Waals surface area contributed by atoms with Crippen LogP contribution < -0.4 is 4.90 Å². The Morgan fingerprint density at radius 2 is 1.86 bits per heavy atom. The Balaban J connectivity index is 1.54. The number of nitrogens with zero attached hydrogens (tertiary/aromatic N) is 3. The number of hydrogen-bond donors (Lipinski definition) is 0. The van der Waals surface area contributed by atoms with E-state index < -0.39 is 10.0 Å². The molecule has 1 aromatic heterocycles. The Morgan fingerprint density at radius 3 is 2.50 bits per heavy atom. The number of hydrogen-bond acceptors (Lipinski definition) is 6. The number of carbonyl (C=O) groups excluding carboxylic acids is 1. The largest absolute Gasteiger partial charge is 0.444 e. The van der Waals surface area contributed by atoms with Crippen LogP contribution in [0.2, 0.25) is 0 Å². The molecule has 0 bridgehead atoms. The molecule has 1 aromatic carbocycles. The van der Waals surface area contributed by atoms with E-state index >= 15 is 0 Å². The maximum absolute atomic E-state index is 13.0. The van der Waals surface area contributed by atoms with Gasteiger partial charge in [-0.05, 0) is 39.7 Å². The maximum Gasteiger partial charge on any atom is 0.414 e. The first-order chi connectivity index (χ1) is 13.3. The van der Waals surface area contributed by atoms with E-state index in [4.69, 9.17) is 9.26 Å². The fourth-order valence-corrected chi connectivity index (χ4v) is 5.79. The van der Waals surface area contributed by atoms with Crippen molar-refractivity contribution in [2.24, 2.45) is 0 Å². The van der Waals surface area contributed by atoms with Crippen molar-refractivity contribution in [1.29, 1.82) is 0 Å². The number of aryl methyl sites for hydroxylation is 3. The van der Waals surface area contributed by atoms with Gasteiger partial charge in [-0.15, -0.1) is 0 Å². The minimum Gasteiger partial charge on any atom is -0.444 e. The molecule has 8 nitrogen and oxygen atoms in total. The van der Waals surface area contributed by atoms with Crippen molar-refractivity contribution in [3.8, 4) is 0 Å². The summed E-state index contributed by atoms with van der Waals surface area (Å²) in [6.07, 6.45) is 0.694. The molecule has 0 atom stereocenters. The molecule has 1 fully saturated rings. The van der Waals surface area contributed by atoms with Gasteiger partial charge in [-0.1, -0.05) is 22.9 Å². The van der Waals surface area contributed by atoms with Gasteiger partial charge in [0.1, 0.15) is 17.2 Å². The number of sulfonamides is 1. The molecule has 2 aromatic rings. The predicted molar refractivity (Wildman–Crippen MR) is 102 cm³/mol. The second-order valence-corrected chi connectivity index (χ2v) is 9.22. The van der Waals surface area contributed by atoms with E-state index in [9.17, 15) is 13.2 Å². The number of anilines is 1. The number of carbonyl (C=O) groups is 1. The van der Waals surface area contributed by atoms with E-state index in [0.29, 0.717) is 37.4 Å². The number of rotatable bonds is 3. The third-order valence-corrected chi connectivity index (χ3v) is 7.54. The van der Waals surface area contributed by atoms with E-state index in [1.165, 1.54) is 4.31 Å². The van der Waals surface area contributed by atoms with Gasteiger partial charge >= 0.3 is 6.09 Å². The zero-order valence-corrected chi connectivity index (χ0v) is 17.0. The van der Waals surface area contributed by atoms with Crippen LogP contribution in [0.4, 0.5) is 10.5 Å². The molecule has 150 valence electrons. The Labute approximate surface area is 164 Å². The smallest absolute Gasteiger partial charge is 0.414 e. The lowest BCUT2D eigenvalue weighted by Crippen LogP contribution is -2.50. The lowest BCUT2D eigenvalue weighted by Gasteiger charge is -2.39. The third-order valence-electron chi connectivity index (χ3n) is 5.40. The van der Waals surface area contributed by atoms with Crippen molar-refractivity contribution in [2.45, 2.75) is 51.2 Å². The Morgan fingerprint density at radius 1 is 1.14 bits per heavy atom. The number of cyclic esters (lactones) is 1. The first-order valence-corrected chi connectivity index (χ1v) is 10.7. The first-order valence-electron chi connectivity index (χ1n) is 9.27. The zero-order chi connectivity index (χ0) is 20.1. The van der Waals surface area contributed by atoms with E-state index in [0.717, 1.165) is 16.8 Å². The summed E-state index contributed by atoms with van der Waals surface area (Å²) in [6.45, 7) is 6.13. The number of ether oxygens (including phenoxy) is 1. The fourth-order valence-electron chi connectivity index (χ4n) is 4.03. The van der Waals surface area contributed by atoms with E-state index in [1.54, 1.807) is 18.7 Å². The van der Waals surface area contributed by atoms with Crippen LogP contribution in [0.25, 0.3) is 0 Å². The van der Waals surface area contributed by atoms with Gasteiger partial charge in [0.15, 0.2) is 5.76 Å². The molecule has 9 heteroatoms. The molecule has 3 heterocycles. The number of amides is 1. The number of aromatic nitrogens is 1. The summed E-state index contributed by atoms with van der Waals surface area (Å²) >= 11 is 0. The quantitative estimate of drug-likeness (QED) is 0.780. The van der Waals surface area contributed by atoms with Gasteiger partial charge in [0.2, 0.25) is 10.0 Å². The van der Waals surface area contributed by atoms with Crippen LogP contribution in [0.3, 0.4) is 0 Å².